The molecule has 24 heavy (non-hydrogen) atoms. The lowest BCUT2D eigenvalue weighted by molar-refractivity contribution is -0.121. The lowest BCUT2D eigenvalue weighted by Crippen LogP contribution is -2.31. The first kappa shape index (κ1) is 15.7. The number of para-hydroxylation sites is 1. The highest BCUT2D eigenvalue weighted by atomic mass is 16.3. The first-order valence-corrected chi connectivity index (χ1v) is 7.61. The zero-order chi connectivity index (χ0) is 17.1. The number of carbonyl (C=O) groups excluding carboxylic acids is 2. The fourth-order valence-corrected chi connectivity index (χ4v) is 2.59. The number of hydrogen-bond donors (Lipinski definition) is 3. The fourth-order valence-electron chi connectivity index (χ4n) is 2.59. The number of aromatic hydroxyl groups is 1. The lowest BCUT2D eigenvalue weighted by Gasteiger charge is -2.19. The first-order valence-electron chi connectivity index (χ1n) is 7.61. The summed E-state index contributed by atoms with van der Waals surface area (Å²) in [7, 11) is 0. The Balaban J connectivity index is 1.75. The van der Waals surface area contributed by atoms with Gasteiger partial charge in [-0.05, 0) is 29.8 Å². The standard InChI is InChI=1S/C18H17N3O3/c1-11-10-16(23)20-21-17(11)12-6-8-13(9-7-12)19-18(24)14-4-2-3-5-15(14)22/h2-9,11,22H,10H2,1H3,(H,19,24)(H,20,23). The summed E-state index contributed by atoms with van der Waals surface area (Å²) in [6, 6.07) is 13.6. The van der Waals surface area contributed by atoms with Crippen molar-refractivity contribution in [2.75, 3.05) is 5.32 Å². The summed E-state index contributed by atoms with van der Waals surface area (Å²) >= 11 is 0. The third kappa shape index (κ3) is 3.27. The highest BCUT2D eigenvalue weighted by molar-refractivity contribution is 6.07. The Hall–Kier alpha value is -3.15. The van der Waals surface area contributed by atoms with Crippen molar-refractivity contribution >= 4 is 23.2 Å². The second kappa shape index (κ2) is 6.54. The van der Waals surface area contributed by atoms with E-state index in [1.165, 1.54) is 6.07 Å². The lowest BCUT2D eigenvalue weighted by atomic mass is 9.94. The van der Waals surface area contributed by atoms with E-state index in [-0.39, 0.29) is 29.0 Å². The molecule has 3 rings (SSSR count). The van der Waals surface area contributed by atoms with Gasteiger partial charge in [0.25, 0.3) is 5.91 Å². The van der Waals surface area contributed by atoms with Gasteiger partial charge in [0.1, 0.15) is 5.75 Å². The van der Waals surface area contributed by atoms with Gasteiger partial charge < -0.3 is 10.4 Å². The van der Waals surface area contributed by atoms with E-state index in [0.29, 0.717) is 12.1 Å². The van der Waals surface area contributed by atoms with Crippen LogP contribution in [0.25, 0.3) is 0 Å². The van der Waals surface area contributed by atoms with Crippen molar-refractivity contribution in [2.45, 2.75) is 13.3 Å². The minimum atomic E-state index is -0.378. The maximum Gasteiger partial charge on any atom is 0.259 e. The van der Waals surface area contributed by atoms with E-state index < -0.39 is 0 Å². The van der Waals surface area contributed by atoms with Gasteiger partial charge in [-0.2, -0.15) is 5.10 Å². The maximum absolute atomic E-state index is 12.2. The molecule has 2 aromatic rings. The topological polar surface area (TPSA) is 90.8 Å². The molecule has 0 saturated carbocycles. The molecular weight excluding hydrogens is 306 g/mol. The Morgan fingerprint density at radius 1 is 1.21 bits per heavy atom. The van der Waals surface area contributed by atoms with Crippen molar-refractivity contribution in [1.82, 2.24) is 5.43 Å². The molecule has 1 unspecified atom stereocenters. The number of anilines is 1. The van der Waals surface area contributed by atoms with Gasteiger partial charge in [-0.15, -0.1) is 0 Å². The number of benzene rings is 2. The van der Waals surface area contributed by atoms with Gasteiger partial charge in [0.2, 0.25) is 5.91 Å². The Kier molecular flexibility index (Phi) is 4.29. The Bertz CT molecular complexity index is 813. The molecule has 0 spiro atoms. The van der Waals surface area contributed by atoms with E-state index in [2.05, 4.69) is 15.8 Å². The van der Waals surface area contributed by atoms with E-state index in [9.17, 15) is 14.7 Å². The van der Waals surface area contributed by atoms with Crippen LogP contribution in [-0.4, -0.2) is 22.6 Å². The number of carbonyl (C=O) groups is 2. The molecule has 0 fully saturated rings. The average Bonchev–Trinajstić information content (AvgIpc) is 2.56. The third-order valence-electron chi connectivity index (χ3n) is 3.85. The van der Waals surface area contributed by atoms with Crippen molar-refractivity contribution < 1.29 is 14.7 Å². The third-order valence-corrected chi connectivity index (χ3v) is 3.85. The van der Waals surface area contributed by atoms with Crippen molar-refractivity contribution in [3.8, 4) is 5.75 Å². The van der Waals surface area contributed by atoms with Gasteiger partial charge in [-0.1, -0.05) is 31.2 Å². The van der Waals surface area contributed by atoms with Gasteiger partial charge in [-0.3, -0.25) is 9.59 Å². The van der Waals surface area contributed by atoms with Crippen LogP contribution < -0.4 is 10.7 Å². The summed E-state index contributed by atoms with van der Waals surface area (Å²) in [5.74, 6) is -0.484. The molecule has 1 aliphatic rings. The maximum atomic E-state index is 12.2. The predicted molar refractivity (Wildman–Crippen MR) is 91.0 cm³/mol. The zero-order valence-electron chi connectivity index (χ0n) is 13.1. The summed E-state index contributed by atoms with van der Waals surface area (Å²) in [5, 5.41) is 16.6. The number of rotatable bonds is 3. The first-order chi connectivity index (χ1) is 11.5. The Morgan fingerprint density at radius 3 is 2.58 bits per heavy atom. The van der Waals surface area contributed by atoms with Crippen LogP contribution in [0.5, 0.6) is 5.75 Å². The molecule has 1 aliphatic heterocycles. The van der Waals surface area contributed by atoms with Crippen LogP contribution in [0.15, 0.2) is 53.6 Å². The molecule has 1 heterocycles. The molecule has 2 aromatic carbocycles. The summed E-state index contributed by atoms with van der Waals surface area (Å²) in [6.45, 7) is 1.95. The number of hydrazone groups is 1. The number of hydrogen-bond acceptors (Lipinski definition) is 4. The van der Waals surface area contributed by atoms with Crippen LogP contribution in [0.2, 0.25) is 0 Å². The summed E-state index contributed by atoms with van der Waals surface area (Å²) in [6.07, 6.45) is 0.407. The molecule has 0 saturated heterocycles. The number of amides is 2. The van der Waals surface area contributed by atoms with Crippen LogP contribution in [0, 0.1) is 5.92 Å². The average molecular weight is 323 g/mol. The van der Waals surface area contributed by atoms with Crippen LogP contribution in [-0.2, 0) is 4.79 Å². The van der Waals surface area contributed by atoms with Crippen LogP contribution in [0.3, 0.4) is 0 Å². The molecule has 0 radical (unpaired) electrons. The van der Waals surface area contributed by atoms with Crippen molar-refractivity contribution in [2.24, 2.45) is 11.0 Å². The molecule has 6 nitrogen and oxygen atoms in total. The van der Waals surface area contributed by atoms with E-state index in [4.69, 9.17) is 0 Å². The second-order valence-electron chi connectivity index (χ2n) is 5.69. The highest BCUT2D eigenvalue weighted by Gasteiger charge is 2.21. The van der Waals surface area contributed by atoms with Gasteiger partial charge in [0.15, 0.2) is 0 Å². The van der Waals surface area contributed by atoms with E-state index in [1.54, 1.807) is 30.3 Å². The van der Waals surface area contributed by atoms with Crippen molar-refractivity contribution in [3.05, 3.63) is 59.7 Å². The summed E-state index contributed by atoms with van der Waals surface area (Å²) in [4.78, 5) is 23.5. The van der Waals surface area contributed by atoms with Crippen molar-refractivity contribution in [1.29, 1.82) is 0 Å². The minimum Gasteiger partial charge on any atom is -0.507 e. The normalized spacial score (nSPS) is 17.0. The number of phenolic OH excluding ortho intramolecular Hbond substituents is 1. The van der Waals surface area contributed by atoms with Crippen LogP contribution in [0.1, 0.15) is 29.3 Å². The smallest absolute Gasteiger partial charge is 0.259 e. The minimum absolute atomic E-state index is 0.0421. The second-order valence-corrected chi connectivity index (χ2v) is 5.69. The van der Waals surface area contributed by atoms with Gasteiger partial charge in [0, 0.05) is 18.0 Å². The van der Waals surface area contributed by atoms with Crippen LogP contribution >= 0.6 is 0 Å². The summed E-state index contributed by atoms with van der Waals surface area (Å²) in [5.41, 5.74) is 5.02. The molecule has 6 heteroatoms. The molecule has 3 N–H and O–H groups in total. The SMILES string of the molecule is CC1CC(=O)NN=C1c1ccc(NC(=O)c2ccccc2O)cc1. The number of phenols is 1. The van der Waals surface area contributed by atoms with Crippen LogP contribution in [0.4, 0.5) is 5.69 Å². The highest BCUT2D eigenvalue weighted by Crippen LogP contribution is 2.20. The molecular formula is C18H17N3O3. The van der Waals surface area contributed by atoms with E-state index in [1.807, 2.05) is 19.1 Å². The summed E-state index contributed by atoms with van der Waals surface area (Å²) < 4.78 is 0. The molecule has 0 aromatic heterocycles. The Labute approximate surface area is 139 Å². The predicted octanol–water partition coefficient (Wildman–Crippen LogP) is 2.50. The number of nitrogens with one attached hydrogen (secondary N) is 2. The van der Waals surface area contributed by atoms with E-state index in [0.717, 1.165) is 11.3 Å². The van der Waals surface area contributed by atoms with Gasteiger partial charge in [0.05, 0.1) is 11.3 Å². The monoisotopic (exact) mass is 323 g/mol. The quantitative estimate of drug-likeness (QED) is 0.810. The molecule has 1 atom stereocenters. The van der Waals surface area contributed by atoms with Crippen molar-refractivity contribution in [3.63, 3.8) is 0 Å². The van der Waals surface area contributed by atoms with Gasteiger partial charge in [-0.25, -0.2) is 5.43 Å². The number of nitrogens with zero attached hydrogens (tertiary/aromatic N) is 1. The molecule has 0 aliphatic carbocycles. The molecule has 122 valence electrons. The van der Waals surface area contributed by atoms with E-state index >= 15 is 0 Å². The zero-order valence-corrected chi connectivity index (χ0v) is 13.1. The van der Waals surface area contributed by atoms with Gasteiger partial charge >= 0.3 is 0 Å². The molecule has 2 amide bonds. The largest absolute Gasteiger partial charge is 0.507 e. The molecule has 0 bridgehead atoms. The fraction of sp³-hybridized carbons (Fsp3) is 0.167. The Morgan fingerprint density at radius 2 is 1.92 bits per heavy atom.